The van der Waals surface area contributed by atoms with Gasteiger partial charge in [0.1, 0.15) is 18.1 Å². The third-order valence-electron chi connectivity index (χ3n) is 6.67. The van der Waals surface area contributed by atoms with Gasteiger partial charge in [-0.3, -0.25) is 9.69 Å². The Morgan fingerprint density at radius 3 is 2.41 bits per heavy atom. The van der Waals surface area contributed by atoms with Gasteiger partial charge >= 0.3 is 6.36 Å². The van der Waals surface area contributed by atoms with Crippen LogP contribution < -0.4 is 14.8 Å². The number of carbonyl (C=O) groups is 1. The van der Waals surface area contributed by atoms with Crippen molar-refractivity contribution >= 4 is 15.9 Å². The summed E-state index contributed by atoms with van der Waals surface area (Å²) >= 11 is 0. The number of hydrogen-bond acceptors (Lipinski definition) is 7. The molecule has 0 aromatic heterocycles. The average molecular weight is 571 g/mol. The summed E-state index contributed by atoms with van der Waals surface area (Å²) in [7, 11) is -1.80. The first kappa shape index (κ1) is 29.1. The number of amides is 1. The summed E-state index contributed by atoms with van der Waals surface area (Å²) in [5.74, 6) is 0.400. The van der Waals surface area contributed by atoms with Crippen molar-refractivity contribution < 1.29 is 35.9 Å². The van der Waals surface area contributed by atoms with Gasteiger partial charge in [0.2, 0.25) is 15.9 Å². The second kappa shape index (κ2) is 12.5. The van der Waals surface area contributed by atoms with Crippen LogP contribution in [0.4, 0.5) is 13.2 Å². The van der Waals surface area contributed by atoms with Gasteiger partial charge in [0.15, 0.2) is 0 Å². The van der Waals surface area contributed by atoms with Crippen molar-refractivity contribution in [1.29, 1.82) is 0 Å². The van der Waals surface area contributed by atoms with E-state index in [-0.39, 0.29) is 29.9 Å². The number of carbonyl (C=O) groups excluding carboxylic acids is 1. The molecule has 2 saturated heterocycles. The highest BCUT2D eigenvalue weighted by molar-refractivity contribution is 7.89. The zero-order valence-corrected chi connectivity index (χ0v) is 22.5. The maximum atomic E-state index is 12.9. The van der Waals surface area contributed by atoms with Crippen molar-refractivity contribution in [2.24, 2.45) is 0 Å². The molecular formula is C26H33F3N4O5S. The SMILES string of the molecule is CN(Cc1cccc(OCCN2CCN(S(=O)(=O)c3ccc(OC(F)(F)F)cc3)CC2)c1)CC1CCC(=O)N1. The molecule has 13 heteroatoms. The van der Waals surface area contributed by atoms with E-state index in [1.54, 1.807) is 0 Å². The van der Waals surface area contributed by atoms with E-state index in [2.05, 4.69) is 19.9 Å². The number of benzene rings is 2. The number of likely N-dealkylation sites (N-methyl/N-ethyl adjacent to an activating group) is 1. The molecule has 2 aliphatic heterocycles. The second-order valence-corrected chi connectivity index (χ2v) is 11.7. The van der Waals surface area contributed by atoms with Gasteiger partial charge in [-0.05, 0) is 55.4 Å². The molecule has 2 fully saturated rings. The first-order valence-electron chi connectivity index (χ1n) is 12.8. The van der Waals surface area contributed by atoms with Crippen molar-refractivity contribution in [2.45, 2.75) is 36.7 Å². The first-order chi connectivity index (χ1) is 18.5. The Bertz CT molecular complexity index is 1220. The van der Waals surface area contributed by atoms with Gasteiger partial charge in [0.05, 0.1) is 4.90 Å². The van der Waals surface area contributed by atoms with E-state index in [0.29, 0.717) is 32.7 Å². The van der Waals surface area contributed by atoms with E-state index in [4.69, 9.17) is 4.74 Å². The maximum absolute atomic E-state index is 12.9. The van der Waals surface area contributed by atoms with E-state index in [1.807, 2.05) is 31.3 Å². The fraction of sp³-hybridized carbons (Fsp3) is 0.500. The molecule has 0 saturated carbocycles. The van der Waals surface area contributed by atoms with Crippen molar-refractivity contribution in [2.75, 3.05) is 52.9 Å². The lowest BCUT2D eigenvalue weighted by Gasteiger charge is -2.33. The molecule has 0 radical (unpaired) electrons. The molecule has 0 aliphatic carbocycles. The Morgan fingerprint density at radius 1 is 1.05 bits per heavy atom. The summed E-state index contributed by atoms with van der Waals surface area (Å²) in [5.41, 5.74) is 1.11. The first-order valence-corrected chi connectivity index (χ1v) is 14.2. The summed E-state index contributed by atoms with van der Waals surface area (Å²) in [5, 5.41) is 2.98. The van der Waals surface area contributed by atoms with E-state index in [0.717, 1.165) is 55.1 Å². The molecule has 2 aromatic carbocycles. The molecule has 0 bridgehead atoms. The van der Waals surface area contributed by atoms with Gasteiger partial charge in [-0.15, -0.1) is 13.2 Å². The Labute approximate surface area is 226 Å². The second-order valence-electron chi connectivity index (χ2n) is 9.76. The van der Waals surface area contributed by atoms with Gasteiger partial charge in [0.25, 0.3) is 0 Å². The van der Waals surface area contributed by atoms with Crippen LogP contribution in [0.25, 0.3) is 0 Å². The normalized spacial score (nSPS) is 19.3. The number of ether oxygens (including phenoxy) is 2. The fourth-order valence-corrected chi connectivity index (χ4v) is 6.17. The molecule has 9 nitrogen and oxygen atoms in total. The quantitative estimate of drug-likeness (QED) is 0.444. The van der Waals surface area contributed by atoms with E-state index in [1.165, 1.54) is 4.31 Å². The number of rotatable bonds is 11. The van der Waals surface area contributed by atoms with Crippen LogP contribution in [0.1, 0.15) is 18.4 Å². The summed E-state index contributed by atoms with van der Waals surface area (Å²) in [6, 6.07) is 12.3. The lowest BCUT2D eigenvalue weighted by molar-refractivity contribution is -0.274. The van der Waals surface area contributed by atoms with Crippen molar-refractivity contribution in [3.63, 3.8) is 0 Å². The zero-order chi connectivity index (χ0) is 28.0. The predicted octanol–water partition coefficient (Wildman–Crippen LogP) is 2.68. The van der Waals surface area contributed by atoms with Crippen LogP contribution in [-0.4, -0.2) is 93.8 Å². The Hall–Kier alpha value is -2.87. The van der Waals surface area contributed by atoms with E-state index < -0.39 is 22.1 Å². The van der Waals surface area contributed by atoms with Crippen LogP contribution in [0.2, 0.25) is 0 Å². The number of halogens is 3. The molecule has 1 amide bonds. The molecule has 2 heterocycles. The highest BCUT2D eigenvalue weighted by atomic mass is 32.2. The summed E-state index contributed by atoms with van der Waals surface area (Å²) in [4.78, 5) is 15.6. The molecular weight excluding hydrogens is 537 g/mol. The monoisotopic (exact) mass is 570 g/mol. The minimum Gasteiger partial charge on any atom is -0.492 e. The highest BCUT2D eigenvalue weighted by Crippen LogP contribution is 2.25. The summed E-state index contributed by atoms with van der Waals surface area (Å²) < 4.78 is 73.9. The predicted molar refractivity (Wildman–Crippen MR) is 138 cm³/mol. The van der Waals surface area contributed by atoms with E-state index in [9.17, 15) is 26.4 Å². The van der Waals surface area contributed by atoms with Crippen LogP contribution >= 0.6 is 0 Å². The summed E-state index contributed by atoms with van der Waals surface area (Å²) in [6.45, 7) is 4.16. The van der Waals surface area contributed by atoms with Crippen LogP contribution in [0.5, 0.6) is 11.5 Å². The summed E-state index contributed by atoms with van der Waals surface area (Å²) in [6.07, 6.45) is -3.39. The molecule has 4 rings (SSSR count). The minimum absolute atomic E-state index is 0.0765. The number of sulfonamides is 1. The Balaban J connectivity index is 1.19. The molecule has 1 N–H and O–H groups in total. The number of nitrogens with one attached hydrogen (secondary N) is 1. The van der Waals surface area contributed by atoms with Crippen molar-refractivity contribution in [3.8, 4) is 11.5 Å². The van der Waals surface area contributed by atoms with Crippen molar-refractivity contribution in [3.05, 3.63) is 54.1 Å². The molecule has 214 valence electrons. The zero-order valence-electron chi connectivity index (χ0n) is 21.7. The number of alkyl halides is 3. The lowest BCUT2D eigenvalue weighted by Crippen LogP contribution is -2.49. The smallest absolute Gasteiger partial charge is 0.492 e. The van der Waals surface area contributed by atoms with Crippen LogP contribution in [0.3, 0.4) is 0 Å². The molecule has 1 atom stereocenters. The average Bonchev–Trinajstić information content (AvgIpc) is 3.28. The van der Waals surface area contributed by atoms with Crippen molar-refractivity contribution in [1.82, 2.24) is 19.4 Å². The number of piperazine rings is 1. The standard InChI is InChI=1S/C26H33F3N4O5S/c1-31(19-21-5-10-25(34)30-21)18-20-3-2-4-23(17-20)37-16-15-32-11-13-33(14-12-32)39(35,36)24-8-6-22(7-9-24)38-26(27,28)29/h2-4,6-9,17,21H,5,10-16,18-19H2,1H3,(H,30,34). The molecule has 2 aromatic rings. The largest absolute Gasteiger partial charge is 0.573 e. The van der Waals surface area contributed by atoms with Gasteiger partial charge < -0.3 is 19.7 Å². The Kier molecular flexibility index (Phi) is 9.36. The van der Waals surface area contributed by atoms with Crippen LogP contribution in [0, 0.1) is 0 Å². The van der Waals surface area contributed by atoms with Crippen LogP contribution in [0.15, 0.2) is 53.4 Å². The minimum atomic E-state index is -4.84. The number of hydrogen-bond donors (Lipinski definition) is 1. The van der Waals surface area contributed by atoms with Gasteiger partial charge in [-0.25, -0.2) is 8.42 Å². The van der Waals surface area contributed by atoms with E-state index >= 15 is 0 Å². The molecule has 1 unspecified atom stereocenters. The topological polar surface area (TPSA) is 91.4 Å². The molecule has 2 aliphatic rings. The highest BCUT2D eigenvalue weighted by Gasteiger charge is 2.32. The van der Waals surface area contributed by atoms with Crippen LogP contribution in [-0.2, 0) is 21.4 Å². The number of nitrogens with zero attached hydrogens (tertiary/aromatic N) is 3. The maximum Gasteiger partial charge on any atom is 0.573 e. The Morgan fingerprint density at radius 2 is 1.77 bits per heavy atom. The third kappa shape index (κ3) is 8.56. The molecule has 0 spiro atoms. The van der Waals surface area contributed by atoms with Gasteiger partial charge in [-0.1, -0.05) is 12.1 Å². The van der Waals surface area contributed by atoms with Gasteiger partial charge in [-0.2, -0.15) is 4.31 Å². The third-order valence-corrected chi connectivity index (χ3v) is 8.58. The lowest BCUT2D eigenvalue weighted by atomic mass is 10.1. The van der Waals surface area contributed by atoms with Gasteiger partial charge in [0, 0.05) is 58.3 Å². The molecule has 39 heavy (non-hydrogen) atoms. The fourth-order valence-electron chi connectivity index (χ4n) is 4.75.